The van der Waals surface area contributed by atoms with Crippen molar-refractivity contribution in [3.05, 3.63) is 54.4 Å². The van der Waals surface area contributed by atoms with Crippen molar-refractivity contribution < 1.29 is 14.4 Å². The van der Waals surface area contributed by atoms with E-state index < -0.39 is 5.97 Å². The largest absolute Gasteiger partial charge is 0.475 e. The van der Waals surface area contributed by atoms with Crippen LogP contribution >= 0.6 is 0 Å². The Morgan fingerprint density at radius 3 is 2.70 bits per heavy atom. The molecular formula is C15H9N5O3. The molecule has 2 aromatic heterocycles. The van der Waals surface area contributed by atoms with Crippen LogP contribution in [0.1, 0.15) is 10.6 Å². The zero-order valence-corrected chi connectivity index (χ0v) is 11.6. The molecule has 0 aliphatic carbocycles. The van der Waals surface area contributed by atoms with E-state index in [9.17, 15) is 4.79 Å². The summed E-state index contributed by atoms with van der Waals surface area (Å²) in [5.74, 6) is -0.966. The van der Waals surface area contributed by atoms with Crippen molar-refractivity contribution in [3.63, 3.8) is 0 Å². The van der Waals surface area contributed by atoms with Crippen LogP contribution in [0, 0.1) is 0 Å². The van der Waals surface area contributed by atoms with E-state index in [0.717, 1.165) is 15.7 Å². The Balaban J connectivity index is 1.85. The van der Waals surface area contributed by atoms with Gasteiger partial charge in [-0.05, 0) is 23.4 Å². The minimum absolute atomic E-state index is 0.362. The highest BCUT2D eigenvalue weighted by Gasteiger charge is 2.15. The first-order valence-electron chi connectivity index (χ1n) is 6.71. The van der Waals surface area contributed by atoms with Crippen LogP contribution in [0.5, 0.6) is 0 Å². The summed E-state index contributed by atoms with van der Waals surface area (Å²) in [4.78, 5) is 12.0. The molecule has 0 radical (unpaired) electrons. The number of rotatable bonds is 3. The maximum absolute atomic E-state index is 10.9. The molecular weight excluding hydrogens is 298 g/mol. The van der Waals surface area contributed by atoms with Crippen LogP contribution in [0.2, 0.25) is 0 Å². The maximum Gasteiger partial charge on any atom is 0.377 e. The number of aromatic nitrogens is 5. The summed E-state index contributed by atoms with van der Waals surface area (Å²) in [5.41, 5.74) is 2.15. The molecule has 2 heterocycles. The average Bonchev–Trinajstić information content (AvgIpc) is 3.22. The molecule has 4 aromatic rings. The summed E-state index contributed by atoms with van der Waals surface area (Å²) in [6.07, 6.45) is 0. The Morgan fingerprint density at radius 1 is 1.13 bits per heavy atom. The summed E-state index contributed by atoms with van der Waals surface area (Å²) >= 11 is 0. The van der Waals surface area contributed by atoms with E-state index in [0.29, 0.717) is 17.0 Å². The molecule has 0 fully saturated rings. The number of hydrogen-bond donors (Lipinski definition) is 1. The third-order valence-corrected chi connectivity index (χ3v) is 3.33. The van der Waals surface area contributed by atoms with Gasteiger partial charge in [-0.25, -0.2) is 4.79 Å². The number of carboxylic acids is 1. The normalized spacial score (nSPS) is 11.0. The number of carboxylic acid groups (broad SMARTS) is 1. The number of carbonyl (C=O) groups is 1. The molecule has 112 valence electrons. The van der Waals surface area contributed by atoms with E-state index in [1.165, 1.54) is 0 Å². The van der Waals surface area contributed by atoms with Gasteiger partial charge in [0.25, 0.3) is 5.82 Å². The van der Waals surface area contributed by atoms with Gasteiger partial charge in [0.05, 0.1) is 11.1 Å². The van der Waals surface area contributed by atoms with Gasteiger partial charge < -0.3 is 9.63 Å². The highest BCUT2D eigenvalue weighted by atomic mass is 16.5. The zero-order valence-electron chi connectivity index (χ0n) is 11.6. The molecule has 0 unspecified atom stereocenters. The monoisotopic (exact) mass is 307 g/mol. The summed E-state index contributed by atoms with van der Waals surface area (Å²) in [6, 6.07) is 14.8. The summed E-state index contributed by atoms with van der Waals surface area (Å²) in [6.45, 7) is 0. The second-order valence-corrected chi connectivity index (χ2v) is 4.79. The standard InChI is InChI=1S/C15H9N5O3/c21-15(22)14-16-19-20(17-14)10-6-7-12-11(8-10)13(23-18-12)9-4-2-1-3-5-9/h1-8H,(H,21,22). The Labute approximate surface area is 128 Å². The van der Waals surface area contributed by atoms with E-state index >= 15 is 0 Å². The van der Waals surface area contributed by atoms with E-state index in [4.69, 9.17) is 9.63 Å². The average molecular weight is 307 g/mol. The molecule has 2 aromatic carbocycles. The number of fused-ring (bicyclic) bond motifs is 1. The number of aromatic carboxylic acids is 1. The highest BCUT2D eigenvalue weighted by molar-refractivity contribution is 5.92. The number of tetrazole rings is 1. The third kappa shape index (κ3) is 2.22. The van der Waals surface area contributed by atoms with Crippen LogP contribution in [0.4, 0.5) is 0 Å². The van der Waals surface area contributed by atoms with E-state index in [2.05, 4.69) is 20.6 Å². The molecule has 0 bridgehead atoms. The second-order valence-electron chi connectivity index (χ2n) is 4.79. The van der Waals surface area contributed by atoms with Crippen LogP contribution in [0.15, 0.2) is 53.1 Å². The maximum atomic E-state index is 10.9. The third-order valence-electron chi connectivity index (χ3n) is 3.33. The lowest BCUT2D eigenvalue weighted by Crippen LogP contribution is -2.02. The molecule has 23 heavy (non-hydrogen) atoms. The smallest absolute Gasteiger partial charge is 0.377 e. The topological polar surface area (TPSA) is 107 Å². The van der Waals surface area contributed by atoms with Crippen molar-refractivity contribution in [1.29, 1.82) is 0 Å². The number of hydrogen-bond acceptors (Lipinski definition) is 6. The number of benzene rings is 2. The molecule has 0 spiro atoms. The summed E-state index contributed by atoms with van der Waals surface area (Å²) < 4.78 is 5.43. The van der Waals surface area contributed by atoms with Crippen LogP contribution in [-0.2, 0) is 0 Å². The van der Waals surface area contributed by atoms with Gasteiger partial charge in [-0.15, -0.1) is 15.0 Å². The lowest BCUT2D eigenvalue weighted by atomic mass is 10.1. The van der Waals surface area contributed by atoms with Crippen LogP contribution < -0.4 is 0 Å². The summed E-state index contributed by atoms with van der Waals surface area (Å²) in [7, 11) is 0. The molecule has 1 N–H and O–H groups in total. The molecule has 0 atom stereocenters. The van der Waals surface area contributed by atoms with Gasteiger partial charge in [-0.2, -0.15) is 0 Å². The molecule has 0 aliphatic heterocycles. The Morgan fingerprint density at radius 2 is 1.96 bits per heavy atom. The lowest BCUT2D eigenvalue weighted by molar-refractivity contribution is 0.0683. The first-order valence-corrected chi connectivity index (χ1v) is 6.71. The predicted octanol–water partition coefficient (Wildman–Crippen LogP) is 2.17. The molecule has 4 rings (SSSR count). The van der Waals surface area contributed by atoms with Crippen LogP contribution in [0.3, 0.4) is 0 Å². The minimum atomic E-state index is -1.23. The quantitative estimate of drug-likeness (QED) is 0.618. The lowest BCUT2D eigenvalue weighted by Gasteiger charge is -1.99. The van der Waals surface area contributed by atoms with Gasteiger partial charge in [0.15, 0.2) is 5.76 Å². The Bertz CT molecular complexity index is 1010. The van der Waals surface area contributed by atoms with Crippen molar-refractivity contribution in [2.75, 3.05) is 0 Å². The van der Waals surface area contributed by atoms with E-state index in [1.807, 2.05) is 30.3 Å². The van der Waals surface area contributed by atoms with Gasteiger partial charge in [0.2, 0.25) is 0 Å². The van der Waals surface area contributed by atoms with Crippen LogP contribution in [0.25, 0.3) is 27.9 Å². The van der Waals surface area contributed by atoms with Crippen molar-refractivity contribution in [2.24, 2.45) is 0 Å². The summed E-state index contributed by atoms with van der Waals surface area (Å²) in [5, 5.41) is 24.7. The van der Waals surface area contributed by atoms with Gasteiger partial charge in [-0.1, -0.05) is 35.5 Å². The van der Waals surface area contributed by atoms with Crippen LogP contribution in [-0.4, -0.2) is 36.4 Å². The fourth-order valence-electron chi connectivity index (χ4n) is 2.26. The van der Waals surface area contributed by atoms with Gasteiger partial charge in [0.1, 0.15) is 5.52 Å². The molecule has 0 saturated heterocycles. The predicted molar refractivity (Wildman–Crippen MR) is 79.1 cm³/mol. The molecule has 8 heteroatoms. The molecule has 8 nitrogen and oxygen atoms in total. The zero-order chi connectivity index (χ0) is 15.8. The first-order chi connectivity index (χ1) is 11.2. The fraction of sp³-hybridized carbons (Fsp3) is 0. The first kappa shape index (κ1) is 13.1. The molecule has 0 saturated carbocycles. The second kappa shape index (κ2) is 5.02. The van der Waals surface area contributed by atoms with Gasteiger partial charge in [-0.3, -0.25) is 0 Å². The Kier molecular flexibility index (Phi) is 2.87. The molecule has 0 aliphatic rings. The fourth-order valence-corrected chi connectivity index (χ4v) is 2.26. The van der Waals surface area contributed by atoms with Crippen molar-refractivity contribution in [1.82, 2.24) is 25.4 Å². The van der Waals surface area contributed by atoms with Gasteiger partial charge in [0, 0.05) is 5.56 Å². The van der Waals surface area contributed by atoms with E-state index in [1.54, 1.807) is 18.2 Å². The minimum Gasteiger partial charge on any atom is -0.475 e. The van der Waals surface area contributed by atoms with E-state index in [-0.39, 0.29) is 5.82 Å². The number of nitrogens with zero attached hydrogens (tertiary/aromatic N) is 5. The van der Waals surface area contributed by atoms with Crippen molar-refractivity contribution in [2.45, 2.75) is 0 Å². The van der Waals surface area contributed by atoms with Crippen molar-refractivity contribution >= 4 is 16.9 Å². The Hall–Kier alpha value is -3.55. The van der Waals surface area contributed by atoms with Gasteiger partial charge >= 0.3 is 5.97 Å². The van der Waals surface area contributed by atoms with Crippen molar-refractivity contribution in [3.8, 4) is 17.0 Å². The SMILES string of the molecule is O=C(O)c1nnn(-c2ccc3noc(-c4ccccc4)c3c2)n1. The highest BCUT2D eigenvalue weighted by Crippen LogP contribution is 2.29. The molecule has 0 amide bonds.